The van der Waals surface area contributed by atoms with Crippen LogP contribution in [0.2, 0.25) is 5.02 Å². The normalized spacial score (nSPS) is 14.6. The van der Waals surface area contributed by atoms with Gasteiger partial charge in [0.15, 0.2) is 0 Å². The smallest absolute Gasteiger partial charge is 0.228 e. The Morgan fingerprint density at radius 1 is 0.957 bits per heavy atom. The van der Waals surface area contributed by atoms with Crippen molar-refractivity contribution in [3.05, 3.63) is 59.1 Å². The lowest BCUT2D eigenvalue weighted by Crippen LogP contribution is -2.29. The molecule has 0 bridgehead atoms. The first kappa shape index (κ1) is 15.9. The number of carbonyl (C=O) groups excluding carboxylic acids is 1. The van der Waals surface area contributed by atoms with Gasteiger partial charge in [0.05, 0.1) is 6.42 Å². The Hall–Kier alpha value is -2.00. The SMILES string of the molecule is O=C(Cc1ccc(Cl)cc1)Nc1ccc(N2CCCCC2)cc1. The van der Waals surface area contributed by atoms with Gasteiger partial charge in [-0.3, -0.25) is 4.79 Å². The lowest BCUT2D eigenvalue weighted by Gasteiger charge is -2.28. The quantitative estimate of drug-likeness (QED) is 0.895. The van der Waals surface area contributed by atoms with Gasteiger partial charge in [0.1, 0.15) is 0 Å². The Kier molecular flexibility index (Phi) is 5.19. The zero-order chi connectivity index (χ0) is 16.1. The number of hydrogen-bond acceptors (Lipinski definition) is 2. The molecule has 1 heterocycles. The van der Waals surface area contributed by atoms with Gasteiger partial charge in [-0.1, -0.05) is 23.7 Å². The molecule has 0 radical (unpaired) electrons. The van der Waals surface area contributed by atoms with E-state index < -0.39 is 0 Å². The third-order valence-electron chi connectivity index (χ3n) is 4.15. The molecule has 0 spiro atoms. The van der Waals surface area contributed by atoms with Gasteiger partial charge in [-0.2, -0.15) is 0 Å². The van der Waals surface area contributed by atoms with E-state index in [4.69, 9.17) is 11.6 Å². The van der Waals surface area contributed by atoms with E-state index in [1.807, 2.05) is 24.3 Å². The predicted octanol–water partition coefficient (Wildman–Crippen LogP) is 4.51. The van der Waals surface area contributed by atoms with Crippen LogP contribution in [0.25, 0.3) is 0 Å². The van der Waals surface area contributed by atoms with Gasteiger partial charge in [0, 0.05) is 29.5 Å². The van der Waals surface area contributed by atoms with Crippen LogP contribution in [-0.2, 0) is 11.2 Å². The van der Waals surface area contributed by atoms with Gasteiger partial charge < -0.3 is 10.2 Å². The van der Waals surface area contributed by atoms with Crippen LogP contribution >= 0.6 is 11.6 Å². The van der Waals surface area contributed by atoms with Crippen molar-refractivity contribution < 1.29 is 4.79 Å². The van der Waals surface area contributed by atoms with Crippen LogP contribution in [0.3, 0.4) is 0 Å². The zero-order valence-electron chi connectivity index (χ0n) is 13.1. The topological polar surface area (TPSA) is 32.3 Å². The fraction of sp³-hybridized carbons (Fsp3) is 0.316. The molecule has 1 aliphatic rings. The van der Waals surface area contributed by atoms with E-state index in [1.165, 1.54) is 24.9 Å². The monoisotopic (exact) mass is 328 g/mol. The number of anilines is 2. The largest absolute Gasteiger partial charge is 0.372 e. The Balaban J connectivity index is 1.57. The average Bonchev–Trinajstić information content (AvgIpc) is 2.58. The maximum Gasteiger partial charge on any atom is 0.228 e. The van der Waals surface area contributed by atoms with Gasteiger partial charge in [0.2, 0.25) is 5.91 Å². The third kappa shape index (κ3) is 4.49. The van der Waals surface area contributed by atoms with Gasteiger partial charge in [-0.15, -0.1) is 0 Å². The van der Waals surface area contributed by atoms with E-state index in [1.54, 1.807) is 12.1 Å². The Morgan fingerprint density at radius 2 is 1.61 bits per heavy atom. The summed E-state index contributed by atoms with van der Waals surface area (Å²) >= 11 is 5.85. The van der Waals surface area contributed by atoms with Gasteiger partial charge in [-0.05, 0) is 61.2 Å². The highest BCUT2D eigenvalue weighted by molar-refractivity contribution is 6.30. The number of nitrogens with zero attached hydrogens (tertiary/aromatic N) is 1. The zero-order valence-corrected chi connectivity index (χ0v) is 13.9. The molecule has 23 heavy (non-hydrogen) atoms. The minimum Gasteiger partial charge on any atom is -0.372 e. The maximum atomic E-state index is 12.1. The Labute approximate surface area is 142 Å². The number of rotatable bonds is 4. The summed E-state index contributed by atoms with van der Waals surface area (Å²) in [6.45, 7) is 2.25. The fourth-order valence-corrected chi connectivity index (χ4v) is 3.03. The molecule has 3 nitrogen and oxygen atoms in total. The molecule has 2 aromatic rings. The molecule has 0 aliphatic carbocycles. The molecule has 1 aliphatic heterocycles. The molecule has 1 saturated heterocycles. The molecule has 0 saturated carbocycles. The number of nitrogens with one attached hydrogen (secondary N) is 1. The van der Waals surface area contributed by atoms with E-state index in [0.717, 1.165) is 24.3 Å². The number of hydrogen-bond donors (Lipinski definition) is 1. The highest BCUT2D eigenvalue weighted by atomic mass is 35.5. The second kappa shape index (κ2) is 7.51. The highest BCUT2D eigenvalue weighted by Crippen LogP contribution is 2.22. The van der Waals surface area contributed by atoms with Gasteiger partial charge >= 0.3 is 0 Å². The summed E-state index contributed by atoms with van der Waals surface area (Å²) in [5, 5.41) is 3.63. The van der Waals surface area contributed by atoms with Crippen molar-refractivity contribution in [3.63, 3.8) is 0 Å². The lowest BCUT2D eigenvalue weighted by molar-refractivity contribution is -0.115. The molecule has 0 atom stereocenters. The number of benzene rings is 2. The summed E-state index contributed by atoms with van der Waals surface area (Å²) in [4.78, 5) is 14.5. The van der Waals surface area contributed by atoms with Crippen LogP contribution in [-0.4, -0.2) is 19.0 Å². The standard InChI is InChI=1S/C19H21ClN2O/c20-16-6-4-15(5-7-16)14-19(23)21-17-8-10-18(11-9-17)22-12-2-1-3-13-22/h4-11H,1-3,12-14H2,(H,21,23). The van der Waals surface area contributed by atoms with E-state index in [9.17, 15) is 4.79 Å². The summed E-state index contributed by atoms with van der Waals surface area (Å²) in [7, 11) is 0. The van der Waals surface area contributed by atoms with Crippen molar-refractivity contribution in [1.29, 1.82) is 0 Å². The molecule has 1 N–H and O–H groups in total. The summed E-state index contributed by atoms with van der Waals surface area (Å²) in [6, 6.07) is 15.5. The van der Waals surface area contributed by atoms with E-state index in [2.05, 4.69) is 22.3 Å². The average molecular weight is 329 g/mol. The molecule has 1 amide bonds. The molecular weight excluding hydrogens is 308 g/mol. The van der Waals surface area contributed by atoms with E-state index in [-0.39, 0.29) is 5.91 Å². The van der Waals surface area contributed by atoms with Crippen molar-refractivity contribution in [2.75, 3.05) is 23.3 Å². The molecule has 0 aromatic heterocycles. The van der Waals surface area contributed by atoms with Crippen LogP contribution in [0.15, 0.2) is 48.5 Å². The summed E-state index contributed by atoms with van der Waals surface area (Å²) in [5.41, 5.74) is 3.03. The maximum absolute atomic E-state index is 12.1. The van der Waals surface area contributed by atoms with Crippen molar-refractivity contribution in [3.8, 4) is 0 Å². The van der Waals surface area contributed by atoms with Crippen molar-refractivity contribution in [2.24, 2.45) is 0 Å². The minimum atomic E-state index is -0.0157. The lowest BCUT2D eigenvalue weighted by atomic mass is 10.1. The second-order valence-electron chi connectivity index (χ2n) is 5.95. The van der Waals surface area contributed by atoms with Crippen molar-refractivity contribution in [1.82, 2.24) is 0 Å². The highest BCUT2D eigenvalue weighted by Gasteiger charge is 2.11. The van der Waals surface area contributed by atoms with Crippen molar-refractivity contribution >= 4 is 28.9 Å². The number of piperidine rings is 1. The first-order valence-electron chi connectivity index (χ1n) is 8.10. The number of amides is 1. The van der Waals surface area contributed by atoms with Crippen molar-refractivity contribution in [2.45, 2.75) is 25.7 Å². The molecule has 0 unspecified atom stereocenters. The van der Waals surface area contributed by atoms with Gasteiger partial charge in [-0.25, -0.2) is 0 Å². The fourth-order valence-electron chi connectivity index (χ4n) is 2.90. The van der Waals surface area contributed by atoms with Crippen LogP contribution in [0.4, 0.5) is 11.4 Å². The minimum absolute atomic E-state index is 0.0157. The van der Waals surface area contributed by atoms with E-state index >= 15 is 0 Å². The third-order valence-corrected chi connectivity index (χ3v) is 4.40. The Bertz CT molecular complexity index is 646. The summed E-state index contributed by atoms with van der Waals surface area (Å²) in [6.07, 6.45) is 4.21. The van der Waals surface area contributed by atoms with Crippen LogP contribution in [0, 0.1) is 0 Å². The number of halogens is 1. The molecule has 120 valence electrons. The molecular formula is C19H21ClN2O. The van der Waals surface area contributed by atoms with Crippen LogP contribution in [0.1, 0.15) is 24.8 Å². The first-order valence-corrected chi connectivity index (χ1v) is 8.48. The predicted molar refractivity (Wildman–Crippen MR) is 96.3 cm³/mol. The first-order chi connectivity index (χ1) is 11.2. The van der Waals surface area contributed by atoms with Gasteiger partial charge in [0.25, 0.3) is 0 Å². The summed E-state index contributed by atoms with van der Waals surface area (Å²) in [5.74, 6) is -0.0157. The van der Waals surface area contributed by atoms with Crippen LogP contribution < -0.4 is 10.2 Å². The number of carbonyl (C=O) groups is 1. The molecule has 3 rings (SSSR count). The Morgan fingerprint density at radius 3 is 2.26 bits per heavy atom. The van der Waals surface area contributed by atoms with E-state index in [0.29, 0.717) is 11.4 Å². The van der Waals surface area contributed by atoms with Crippen LogP contribution in [0.5, 0.6) is 0 Å². The summed E-state index contributed by atoms with van der Waals surface area (Å²) < 4.78 is 0. The molecule has 2 aromatic carbocycles. The second-order valence-corrected chi connectivity index (χ2v) is 6.38. The molecule has 1 fully saturated rings. The molecule has 4 heteroatoms.